The molecule has 5 aromatic carbocycles. The highest BCUT2D eigenvalue weighted by atomic mass is 32.1. The summed E-state index contributed by atoms with van der Waals surface area (Å²) in [6, 6.07) is 38.9. The molecule has 0 amide bonds. The van der Waals surface area contributed by atoms with Crippen LogP contribution >= 0.6 is 11.3 Å². The summed E-state index contributed by atoms with van der Waals surface area (Å²) >= 11 is 1.87. The smallest absolute Gasteiger partial charge is 0.0935 e. The van der Waals surface area contributed by atoms with Crippen molar-refractivity contribution in [2.45, 2.75) is 0 Å². The van der Waals surface area contributed by atoms with Crippen molar-refractivity contribution in [1.82, 2.24) is 14.3 Å². The Hall–Kier alpha value is -4.41. The van der Waals surface area contributed by atoms with Crippen LogP contribution in [0.3, 0.4) is 0 Å². The van der Waals surface area contributed by atoms with Crippen LogP contribution in [0.1, 0.15) is 0 Å². The second-order valence-corrected chi connectivity index (χ2v) is 9.99. The zero-order valence-electron chi connectivity index (χ0n) is 18.7. The summed E-state index contributed by atoms with van der Waals surface area (Å²) in [5.41, 5.74) is 5.72. The summed E-state index contributed by atoms with van der Waals surface area (Å²) < 4.78 is 7.04. The maximum absolute atomic E-state index is 4.91. The molecule has 3 nitrogen and oxygen atoms in total. The predicted molar refractivity (Wildman–Crippen MR) is 148 cm³/mol. The van der Waals surface area contributed by atoms with Gasteiger partial charge in [0, 0.05) is 37.8 Å². The van der Waals surface area contributed by atoms with Gasteiger partial charge in [-0.25, -0.2) is 4.68 Å². The highest BCUT2D eigenvalue weighted by molar-refractivity contribution is 7.26. The van der Waals surface area contributed by atoms with E-state index in [0.29, 0.717) is 0 Å². The van der Waals surface area contributed by atoms with Gasteiger partial charge in [0.1, 0.15) is 0 Å². The second kappa shape index (κ2) is 7.05. The number of benzene rings is 5. The largest absolute Gasteiger partial charge is 0.308 e. The Morgan fingerprint density at radius 1 is 0.600 bits per heavy atom. The van der Waals surface area contributed by atoms with E-state index in [1.54, 1.807) is 0 Å². The number of rotatable bonds is 2. The molecule has 3 aromatic heterocycles. The van der Waals surface area contributed by atoms with E-state index in [1.165, 1.54) is 47.7 Å². The van der Waals surface area contributed by atoms with Gasteiger partial charge in [-0.1, -0.05) is 66.7 Å². The molecule has 0 N–H and O–H groups in total. The average molecular weight is 466 g/mol. The Kier molecular flexibility index (Phi) is 3.82. The van der Waals surface area contributed by atoms with Gasteiger partial charge in [0.05, 0.1) is 32.6 Å². The van der Waals surface area contributed by atoms with Crippen LogP contribution in [0.4, 0.5) is 0 Å². The highest BCUT2D eigenvalue weighted by Crippen LogP contribution is 2.41. The van der Waals surface area contributed by atoms with Crippen LogP contribution in [0.25, 0.3) is 64.3 Å². The summed E-state index contributed by atoms with van der Waals surface area (Å²) in [6.07, 6.45) is 2.13. The number of hydrogen-bond acceptors (Lipinski definition) is 2. The molecule has 0 radical (unpaired) electrons. The Bertz CT molecular complexity index is 2060. The normalized spacial score (nSPS) is 12.0. The third kappa shape index (κ3) is 2.69. The fraction of sp³-hybridized carbons (Fsp3) is 0. The molecule has 0 saturated carbocycles. The van der Waals surface area contributed by atoms with Crippen molar-refractivity contribution in [3.63, 3.8) is 0 Å². The van der Waals surface area contributed by atoms with Crippen molar-refractivity contribution in [3.8, 4) is 11.4 Å². The van der Waals surface area contributed by atoms with E-state index >= 15 is 0 Å². The van der Waals surface area contributed by atoms with E-state index in [4.69, 9.17) is 5.10 Å². The summed E-state index contributed by atoms with van der Waals surface area (Å²) in [6.45, 7) is 0. The molecule has 0 aliphatic heterocycles. The number of para-hydroxylation sites is 2. The van der Waals surface area contributed by atoms with Crippen molar-refractivity contribution in [2.75, 3.05) is 0 Å². The van der Waals surface area contributed by atoms with E-state index in [0.717, 1.165) is 16.6 Å². The topological polar surface area (TPSA) is 22.8 Å². The van der Waals surface area contributed by atoms with Gasteiger partial charge in [-0.2, -0.15) is 5.10 Å². The Morgan fingerprint density at radius 3 is 2.29 bits per heavy atom. The van der Waals surface area contributed by atoms with Gasteiger partial charge < -0.3 is 4.57 Å². The minimum Gasteiger partial charge on any atom is -0.308 e. The summed E-state index contributed by atoms with van der Waals surface area (Å²) in [7, 11) is 0. The minimum atomic E-state index is 1.00. The zero-order chi connectivity index (χ0) is 22.9. The number of thiophene rings is 1. The predicted octanol–water partition coefficient (Wildman–Crippen LogP) is 8.49. The molecule has 3 heterocycles. The van der Waals surface area contributed by atoms with Crippen LogP contribution in [0.5, 0.6) is 0 Å². The molecule has 0 saturated heterocycles. The molecule has 35 heavy (non-hydrogen) atoms. The van der Waals surface area contributed by atoms with Crippen LogP contribution in [0, 0.1) is 0 Å². The molecule has 0 aliphatic carbocycles. The van der Waals surface area contributed by atoms with Gasteiger partial charge >= 0.3 is 0 Å². The monoisotopic (exact) mass is 465 g/mol. The molecule has 0 bridgehead atoms. The van der Waals surface area contributed by atoms with E-state index in [9.17, 15) is 0 Å². The standard InChI is InChI=1S/C31H19N3S/c1-2-9-21(10-3-1)33-19-20-17-29-25(18-26(20)32-33)22-11-4-6-14-27(22)34(29)28-15-8-13-24-23-12-5-7-16-30(23)35-31(24)28/h1-19H. The molecular weight excluding hydrogens is 446 g/mol. The summed E-state index contributed by atoms with van der Waals surface area (Å²) in [5.74, 6) is 0. The number of nitrogens with zero attached hydrogens (tertiary/aromatic N) is 3. The fourth-order valence-electron chi connectivity index (χ4n) is 5.37. The fourth-order valence-corrected chi connectivity index (χ4v) is 6.57. The lowest BCUT2D eigenvalue weighted by Crippen LogP contribution is -1.93. The van der Waals surface area contributed by atoms with Gasteiger partial charge in [0.15, 0.2) is 0 Å². The molecule has 8 aromatic rings. The SMILES string of the molecule is c1ccc(-n2cc3cc4c(cc3n2)c2ccccc2n4-c2cccc3c2sc2ccccc23)cc1. The first kappa shape index (κ1) is 19.0. The zero-order valence-corrected chi connectivity index (χ0v) is 19.5. The second-order valence-electron chi connectivity index (χ2n) is 8.94. The maximum Gasteiger partial charge on any atom is 0.0935 e. The van der Waals surface area contributed by atoms with Crippen molar-refractivity contribution in [1.29, 1.82) is 0 Å². The lowest BCUT2D eigenvalue weighted by molar-refractivity contribution is 0.897. The quantitative estimate of drug-likeness (QED) is 0.251. The number of aromatic nitrogens is 3. The summed E-state index contributed by atoms with van der Waals surface area (Å²) in [4.78, 5) is 0. The number of hydrogen-bond donors (Lipinski definition) is 0. The Morgan fingerprint density at radius 2 is 1.37 bits per heavy atom. The first-order chi connectivity index (χ1) is 17.3. The lowest BCUT2D eigenvalue weighted by Gasteiger charge is -2.09. The summed E-state index contributed by atoms with van der Waals surface area (Å²) in [5, 5.41) is 11.1. The minimum absolute atomic E-state index is 1.00. The Labute approximate surface area is 205 Å². The van der Waals surface area contributed by atoms with Crippen LogP contribution in [-0.4, -0.2) is 14.3 Å². The molecule has 4 heteroatoms. The van der Waals surface area contributed by atoms with Crippen LogP contribution in [0.15, 0.2) is 115 Å². The van der Waals surface area contributed by atoms with Crippen LogP contribution in [0.2, 0.25) is 0 Å². The number of fused-ring (bicyclic) bond motifs is 7. The van der Waals surface area contributed by atoms with Gasteiger partial charge in [-0.05, 0) is 42.5 Å². The van der Waals surface area contributed by atoms with Gasteiger partial charge in [-0.3, -0.25) is 0 Å². The first-order valence-electron chi connectivity index (χ1n) is 11.7. The molecule has 0 atom stereocenters. The van der Waals surface area contributed by atoms with E-state index < -0.39 is 0 Å². The van der Waals surface area contributed by atoms with Crippen molar-refractivity contribution in [3.05, 3.63) is 115 Å². The van der Waals surface area contributed by atoms with E-state index in [2.05, 4.69) is 102 Å². The van der Waals surface area contributed by atoms with Crippen molar-refractivity contribution in [2.24, 2.45) is 0 Å². The average Bonchev–Trinajstić information content (AvgIpc) is 3.59. The van der Waals surface area contributed by atoms with Crippen molar-refractivity contribution < 1.29 is 0 Å². The van der Waals surface area contributed by atoms with E-state index in [1.807, 2.05) is 34.2 Å². The van der Waals surface area contributed by atoms with Gasteiger partial charge in [0.25, 0.3) is 0 Å². The molecule has 8 rings (SSSR count). The third-order valence-corrected chi connectivity index (χ3v) is 8.15. The molecule has 164 valence electrons. The van der Waals surface area contributed by atoms with Crippen LogP contribution in [-0.2, 0) is 0 Å². The van der Waals surface area contributed by atoms with E-state index in [-0.39, 0.29) is 0 Å². The Balaban J connectivity index is 1.48. The molecule has 0 aliphatic rings. The van der Waals surface area contributed by atoms with Crippen molar-refractivity contribution >= 4 is 64.2 Å². The van der Waals surface area contributed by atoms with Gasteiger partial charge in [0.2, 0.25) is 0 Å². The molecule has 0 spiro atoms. The maximum atomic E-state index is 4.91. The highest BCUT2D eigenvalue weighted by Gasteiger charge is 2.17. The molecular formula is C31H19N3S. The third-order valence-electron chi connectivity index (χ3n) is 6.94. The molecule has 0 unspecified atom stereocenters. The molecule has 0 fully saturated rings. The van der Waals surface area contributed by atoms with Crippen LogP contribution < -0.4 is 0 Å². The first-order valence-corrected chi connectivity index (χ1v) is 12.6. The van der Waals surface area contributed by atoms with Gasteiger partial charge in [-0.15, -0.1) is 11.3 Å². The lowest BCUT2D eigenvalue weighted by atomic mass is 10.1.